The fraction of sp³-hybridized carbons (Fsp3) is 0.667. The molecule has 0 spiro atoms. The van der Waals surface area contributed by atoms with Gasteiger partial charge < -0.3 is 4.52 Å². The van der Waals surface area contributed by atoms with E-state index in [9.17, 15) is 0 Å². The minimum absolute atomic E-state index is 0.513. The molecule has 0 aromatic carbocycles. The first-order valence-electron chi connectivity index (χ1n) is 7.84. The van der Waals surface area contributed by atoms with Crippen molar-refractivity contribution in [2.45, 2.75) is 51.0 Å². The van der Waals surface area contributed by atoms with Crippen molar-refractivity contribution in [3.8, 4) is 0 Å². The van der Waals surface area contributed by atoms with Gasteiger partial charge in [0.25, 0.3) is 0 Å². The van der Waals surface area contributed by atoms with Crippen molar-refractivity contribution < 1.29 is 4.52 Å². The summed E-state index contributed by atoms with van der Waals surface area (Å²) in [5.41, 5.74) is 2.32. The highest BCUT2D eigenvalue weighted by molar-refractivity contribution is 5.13. The smallest absolute Gasteiger partial charge is 0.229 e. The lowest BCUT2D eigenvalue weighted by molar-refractivity contribution is 0.192. The summed E-state index contributed by atoms with van der Waals surface area (Å²) in [5.74, 6) is 2.71. The molecule has 21 heavy (non-hydrogen) atoms. The minimum atomic E-state index is 0.513. The van der Waals surface area contributed by atoms with E-state index in [-0.39, 0.29) is 0 Å². The van der Waals surface area contributed by atoms with E-state index in [4.69, 9.17) is 4.52 Å². The van der Waals surface area contributed by atoms with E-state index in [0.29, 0.717) is 11.8 Å². The summed E-state index contributed by atoms with van der Waals surface area (Å²) in [7, 11) is 0. The Hall–Kier alpha value is -1.69. The lowest BCUT2D eigenvalue weighted by Gasteiger charge is -2.30. The molecule has 0 radical (unpaired) electrons. The maximum atomic E-state index is 5.34. The second kappa shape index (κ2) is 5.26. The van der Waals surface area contributed by atoms with Gasteiger partial charge in [-0.15, -0.1) is 0 Å². The van der Waals surface area contributed by atoms with Gasteiger partial charge in [0.05, 0.1) is 12.2 Å². The van der Waals surface area contributed by atoms with Crippen molar-refractivity contribution in [3.63, 3.8) is 0 Å². The van der Waals surface area contributed by atoms with Crippen LogP contribution in [0.25, 0.3) is 0 Å². The summed E-state index contributed by atoms with van der Waals surface area (Å²) in [4.78, 5) is 6.94. The molecule has 6 nitrogen and oxygen atoms in total. The third-order valence-corrected chi connectivity index (χ3v) is 4.42. The average Bonchev–Trinajstić information content (AvgIpc) is 3.09. The number of piperidine rings is 1. The molecule has 1 saturated heterocycles. The first kappa shape index (κ1) is 13.0. The predicted octanol–water partition coefficient (Wildman–Crippen LogP) is 2.36. The Balaban J connectivity index is 1.40. The third-order valence-electron chi connectivity index (χ3n) is 4.42. The Morgan fingerprint density at radius 2 is 2.24 bits per heavy atom. The van der Waals surface area contributed by atoms with Gasteiger partial charge in [0.2, 0.25) is 5.89 Å². The zero-order valence-corrected chi connectivity index (χ0v) is 12.4. The Morgan fingerprint density at radius 1 is 1.33 bits per heavy atom. The van der Waals surface area contributed by atoms with Crippen molar-refractivity contribution in [1.82, 2.24) is 25.2 Å². The Morgan fingerprint density at radius 3 is 3.00 bits per heavy atom. The summed E-state index contributed by atoms with van der Waals surface area (Å²) in [6.45, 7) is 4.97. The second-order valence-corrected chi connectivity index (χ2v) is 6.37. The molecule has 1 atom stereocenters. The van der Waals surface area contributed by atoms with Gasteiger partial charge in [-0.3, -0.25) is 10.00 Å². The topological polar surface area (TPSA) is 70.8 Å². The Labute approximate surface area is 123 Å². The van der Waals surface area contributed by atoms with Gasteiger partial charge >= 0.3 is 0 Å². The van der Waals surface area contributed by atoms with Crippen LogP contribution in [-0.2, 0) is 6.54 Å². The number of aromatic nitrogens is 4. The fourth-order valence-electron chi connectivity index (χ4n) is 3.12. The maximum Gasteiger partial charge on any atom is 0.229 e. The highest BCUT2D eigenvalue weighted by Crippen LogP contribution is 2.39. The van der Waals surface area contributed by atoms with Crippen molar-refractivity contribution in [1.29, 1.82) is 0 Å². The van der Waals surface area contributed by atoms with E-state index >= 15 is 0 Å². The molecule has 6 heteroatoms. The van der Waals surface area contributed by atoms with Crippen LogP contribution in [0.1, 0.15) is 60.6 Å². The van der Waals surface area contributed by atoms with E-state index in [1.165, 1.54) is 31.4 Å². The van der Waals surface area contributed by atoms with Crippen molar-refractivity contribution in [2.24, 2.45) is 0 Å². The van der Waals surface area contributed by atoms with Gasteiger partial charge in [-0.05, 0) is 45.2 Å². The molecule has 112 valence electrons. The van der Waals surface area contributed by atoms with Crippen LogP contribution in [0.2, 0.25) is 0 Å². The number of nitrogens with zero attached hydrogens (tertiary/aromatic N) is 4. The number of hydrogen-bond donors (Lipinski definition) is 1. The standard InChI is InChI=1S/C15H21N5O/c1-10-7-13(18-17-10)12-3-2-6-20(8-12)9-14-16-15(21-19-14)11-4-5-11/h7,11-12H,2-6,8-9H2,1H3,(H,17,18)/t12-/m0/s1. The van der Waals surface area contributed by atoms with E-state index in [1.807, 2.05) is 0 Å². The summed E-state index contributed by atoms with van der Waals surface area (Å²) in [5, 5.41) is 11.6. The van der Waals surface area contributed by atoms with Gasteiger partial charge in [-0.2, -0.15) is 10.1 Å². The second-order valence-electron chi connectivity index (χ2n) is 6.37. The molecular formula is C15H21N5O. The zero-order chi connectivity index (χ0) is 14.2. The van der Waals surface area contributed by atoms with Crippen LogP contribution in [0.5, 0.6) is 0 Å². The molecule has 2 fully saturated rings. The lowest BCUT2D eigenvalue weighted by Crippen LogP contribution is -2.34. The van der Waals surface area contributed by atoms with Gasteiger partial charge in [0.1, 0.15) is 0 Å². The van der Waals surface area contributed by atoms with E-state index in [1.54, 1.807) is 0 Å². The van der Waals surface area contributed by atoms with Crippen LogP contribution in [0.15, 0.2) is 10.6 Å². The van der Waals surface area contributed by atoms with Gasteiger partial charge in [0, 0.05) is 24.1 Å². The Bertz CT molecular complexity index is 615. The summed E-state index contributed by atoms with van der Waals surface area (Å²) in [6, 6.07) is 2.16. The molecule has 2 aromatic rings. The number of aromatic amines is 1. The highest BCUT2D eigenvalue weighted by atomic mass is 16.5. The number of H-pyrrole nitrogens is 1. The molecule has 3 heterocycles. The van der Waals surface area contributed by atoms with Crippen molar-refractivity contribution in [3.05, 3.63) is 29.2 Å². The van der Waals surface area contributed by atoms with Crippen LogP contribution in [0.4, 0.5) is 0 Å². The summed E-state index contributed by atoms with van der Waals surface area (Å²) < 4.78 is 5.34. The van der Waals surface area contributed by atoms with Crippen LogP contribution in [-0.4, -0.2) is 38.3 Å². The van der Waals surface area contributed by atoms with Crippen molar-refractivity contribution in [2.75, 3.05) is 13.1 Å². The fourth-order valence-corrected chi connectivity index (χ4v) is 3.12. The number of aryl methyl sites for hydroxylation is 1. The molecule has 0 unspecified atom stereocenters. The largest absolute Gasteiger partial charge is 0.339 e. The highest BCUT2D eigenvalue weighted by Gasteiger charge is 2.30. The first-order valence-corrected chi connectivity index (χ1v) is 7.84. The third kappa shape index (κ3) is 2.85. The molecule has 1 aliphatic carbocycles. The number of hydrogen-bond acceptors (Lipinski definition) is 5. The van der Waals surface area contributed by atoms with Crippen LogP contribution in [0, 0.1) is 6.92 Å². The maximum absolute atomic E-state index is 5.34. The van der Waals surface area contributed by atoms with E-state index in [2.05, 4.69) is 38.2 Å². The molecule has 0 amide bonds. The zero-order valence-electron chi connectivity index (χ0n) is 12.4. The predicted molar refractivity (Wildman–Crippen MR) is 76.8 cm³/mol. The van der Waals surface area contributed by atoms with Gasteiger partial charge in [0.15, 0.2) is 5.82 Å². The van der Waals surface area contributed by atoms with Crippen LogP contribution in [0.3, 0.4) is 0 Å². The molecule has 2 aliphatic rings. The molecule has 1 N–H and O–H groups in total. The number of likely N-dealkylation sites (tertiary alicyclic amines) is 1. The van der Waals surface area contributed by atoms with Crippen LogP contribution >= 0.6 is 0 Å². The molecule has 1 aliphatic heterocycles. The molecule has 0 bridgehead atoms. The molecule has 2 aromatic heterocycles. The first-order chi connectivity index (χ1) is 10.3. The minimum Gasteiger partial charge on any atom is -0.339 e. The molecule has 4 rings (SSSR count). The average molecular weight is 287 g/mol. The monoisotopic (exact) mass is 287 g/mol. The number of nitrogens with one attached hydrogen (secondary N) is 1. The molecular weight excluding hydrogens is 266 g/mol. The van der Waals surface area contributed by atoms with E-state index in [0.717, 1.165) is 37.0 Å². The van der Waals surface area contributed by atoms with Crippen molar-refractivity contribution >= 4 is 0 Å². The van der Waals surface area contributed by atoms with Gasteiger partial charge in [-0.25, -0.2) is 0 Å². The normalized spacial score (nSPS) is 23.6. The Kier molecular flexibility index (Phi) is 3.25. The van der Waals surface area contributed by atoms with Gasteiger partial charge in [-0.1, -0.05) is 5.16 Å². The summed E-state index contributed by atoms with van der Waals surface area (Å²) >= 11 is 0. The number of rotatable bonds is 4. The summed E-state index contributed by atoms with van der Waals surface area (Å²) in [6.07, 6.45) is 4.81. The quantitative estimate of drug-likeness (QED) is 0.934. The van der Waals surface area contributed by atoms with E-state index < -0.39 is 0 Å². The van der Waals surface area contributed by atoms with Crippen LogP contribution < -0.4 is 0 Å². The molecule has 1 saturated carbocycles. The SMILES string of the molecule is Cc1cc([C@H]2CCCN(Cc3noc(C4CC4)n3)C2)n[nH]1. The lowest BCUT2D eigenvalue weighted by atomic mass is 9.94.